The summed E-state index contributed by atoms with van der Waals surface area (Å²) >= 11 is 0. The summed E-state index contributed by atoms with van der Waals surface area (Å²) in [6, 6.07) is 15.9. The van der Waals surface area contributed by atoms with Crippen LogP contribution in [0.15, 0.2) is 79.3 Å². The molecule has 6 rings (SSSR count). The molecule has 0 unspecified atom stereocenters. The van der Waals surface area contributed by atoms with Crippen LogP contribution in [-0.4, -0.2) is 48.9 Å². The van der Waals surface area contributed by atoms with E-state index in [1.807, 2.05) is 7.05 Å². The second kappa shape index (κ2) is 13.8. The number of carboxylic acid groups (broad SMARTS) is 1. The summed E-state index contributed by atoms with van der Waals surface area (Å²) in [5.41, 5.74) is 2.70. The lowest BCUT2D eigenvalue weighted by molar-refractivity contribution is 0.0697. The van der Waals surface area contributed by atoms with Gasteiger partial charge in [-0.25, -0.2) is 32.9 Å². The highest BCUT2D eigenvalue weighted by atomic mass is 19.1. The molecule has 0 aliphatic rings. The molecule has 0 aliphatic carbocycles. The van der Waals surface area contributed by atoms with Crippen LogP contribution in [0.1, 0.15) is 38.6 Å². The largest absolute Gasteiger partial charge is 0.478 e. The highest BCUT2D eigenvalue weighted by Gasteiger charge is 2.19. The number of rotatable bonds is 10. The first-order chi connectivity index (χ1) is 23.2. The van der Waals surface area contributed by atoms with Crippen LogP contribution in [0.5, 0.6) is 5.88 Å². The van der Waals surface area contributed by atoms with E-state index in [9.17, 15) is 14.3 Å². The number of ether oxygens (including phenoxy) is 2. The van der Waals surface area contributed by atoms with E-state index >= 15 is 8.78 Å². The number of methoxy groups -OCH3 is 1. The molecule has 3 heterocycles. The highest BCUT2D eigenvalue weighted by molar-refractivity contribution is 5.92. The zero-order chi connectivity index (χ0) is 33.8. The van der Waals surface area contributed by atoms with Crippen molar-refractivity contribution in [3.8, 4) is 29.0 Å². The Balaban J connectivity index is 1.19. The van der Waals surface area contributed by atoms with Gasteiger partial charge in [0.1, 0.15) is 35.6 Å². The van der Waals surface area contributed by atoms with Crippen molar-refractivity contribution in [2.45, 2.75) is 19.6 Å². The lowest BCUT2D eigenvalue weighted by atomic mass is 10.0. The number of carbonyl (C=O) groups is 1. The topological polar surface area (TPSA) is 104 Å². The average molecular weight is 652 g/mol. The van der Waals surface area contributed by atoms with Crippen LogP contribution in [0.25, 0.3) is 22.3 Å². The van der Waals surface area contributed by atoms with Crippen LogP contribution in [0, 0.1) is 29.3 Å². The third-order valence-corrected chi connectivity index (χ3v) is 7.66. The van der Waals surface area contributed by atoms with Crippen LogP contribution in [0.2, 0.25) is 0 Å². The van der Waals surface area contributed by atoms with Gasteiger partial charge in [-0.2, -0.15) is 0 Å². The molecule has 0 spiro atoms. The van der Waals surface area contributed by atoms with Gasteiger partial charge in [0.15, 0.2) is 0 Å². The first-order valence-corrected chi connectivity index (χ1v) is 14.8. The Hall–Kier alpha value is -5.93. The molecule has 12 heteroatoms. The van der Waals surface area contributed by atoms with E-state index in [0.717, 1.165) is 12.1 Å². The van der Waals surface area contributed by atoms with E-state index < -0.39 is 23.4 Å². The number of aryl methyl sites for hydroxylation is 1. The van der Waals surface area contributed by atoms with E-state index in [1.54, 1.807) is 45.9 Å². The summed E-state index contributed by atoms with van der Waals surface area (Å²) in [6.45, 7) is 0.485. The molecule has 6 aromatic rings. The average Bonchev–Trinajstić information content (AvgIpc) is 3.65. The fourth-order valence-corrected chi connectivity index (χ4v) is 5.12. The minimum atomic E-state index is -1.09. The molecule has 0 saturated carbocycles. The Kier molecular flexibility index (Phi) is 9.22. The van der Waals surface area contributed by atoms with Crippen LogP contribution in [-0.2, 0) is 31.4 Å². The van der Waals surface area contributed by atoms with Crippen molar-refractivity contribution in [1.29, 1.82) is 0 Å². The third-order valence-electron chi connectivity index (χ3n) is 7.66. The molecule has 48 heavy (non-hydrogen) atoms. The molecule has 3 aromatic carbocycles. The SMILES string of the molecule is COCCn1c(Cc2cc(F)c(-c3cccc(OCc4ccc(C#Cc5cncn5C)cc4F)n3)cc2F)nc2ccc(C(=O)O)cc21. The summed E-state index contributed by atoms with van der Waals surface area (Å²) in [5, 5.41) is 9.43. The van der Waals surface area contributed by atoms with Gasteiger partial charge in [-0.3, -0.25) is 0 Å². The molecule has 9 nitrogen and oxygen atoms in total. The lowest BCUT2D eigenvalue weighted by Crippen LogP contribution is -2.10. The molecule has 242 valence electrons. The Morgan fingerprint density at radius 3 is 2.52 bits per heavy atom. The minimum absolute atomic E-state index is 0.0556. The molecule has 0 bridgehead atoms. The summed E-state index contributed by atoms with van der Waals surface area (Å²) < 4.78 is 60.2. The number of fused-ring (bicyclic) bond motifs is 1. The zero-order valence-electron chi connectivity index (χ0n) is 25.9. The van der Waals surface area contributed by atoms with E-state index in [1.165, 1.54) is 37.4 Å². The fourth-order valence-electron chi connectivity index (χ4n) is 5.12. The molecule has 0 fully saturated rings. The van der Waals surface area contributed by atoms with Crippen LogP contribution < -0.4 is 4.74 Å². The number of benzene rings is 3. The third kappa shape index (κ3) is 6.91. The van der Waals surface area contributed by atoms with Gasteiger partial charge in [0.2, 0.25) is 5.88 Å². The maximum absolute atomic E-state index is 15.5. The summed E-state index contributed by atoms with van der Waals surface area (Å²) in [7, 11) is 3.34. The second-order valence-electron chi connectivity index (χ2n) is 10.9. The number of pyridine rings is 1. The molecule has 0 saturated heterocycles. The highest BCUT2D eigenvalue weighted by Crippen LogP contribution is 2.28. The molecule has 0 aliphatic heterocycles. The maximum atomic E-state index is 15.5. The molecular weight excluding hydrogens is 623 g/mol. The lowest BCUT2D eigenvalue weighted by Gasteiger charge is -2.12. The quantitative estimate of drug-likeness (QED) is 0.177. The van der Waals surface area contributed by atoms with Gasteiger partial charge >= 0.3 is 5.97 Å². The number of aromatic carboxylic acids is 1. The number of aromatic nitrogens is 5. The van der Waals surface area contributed by atoms with Crippen molar-refractivity contribution in [2.24, 2.45) is 7.05 Å². The monoisotopic (exact) mass is 651 g/mol. The van der Waals surface area contributed by atoms with Crippen molar-refractivity contribution in [3.63, 3.8) is 0 Å². The van der Waals surface area contributed by atoms with E-state index in [-0.39, 0.29) is 46.9 Å². The van der Waals surface area contributed by atoms with E-state index in [0.29, 0.717) is 41.3 Å². The predicted molar refractivity (Wildman–Crippen MR) is 171 cm³/mol. The predicted octanol–water partition coefficient (Wildman–Crippen LogP) is 6.16. The molecule has 3 aromatic heterocycles. The van der Waals surface area contributed by atoms with Crippen molar-refractivity contribution < 1.29 is 32.5 Å². The molecule has 0 atom stereocenters. The number of carboxylic acids is 1. The molecule has 0 amide bonds. The number of hydrogen-bond donors (Lipinski definition) is 1. The van der Waals surface area contributed by atoms with Gasteiger partial charge < -0.3 is 23.7 Å². The van der Waals surface area contributed by atoms with Gasteiger partial charge in [0.05, 0.1) is 41.4 Å². The number of nitrogens with zero attached hydrogens (tertiary/aromatic N) is 5. The Morgan fingerprint density at radius 2 is 1.77 bits per heavy atom. The van der Waals surface area contributed by atoms with Gasteiger partial charge in [-0.05, 0) is 60.0 Å². The van der Waals surface area contributed by atoms with Gasteiger partial charge in [-0.15, -0.1) is 0 Å². The van der Waals surface area contributed by atoms with Gasteiger partial charge in [-0.1, -0.05) is 18.1 Å². The fraction of sp³-hybridized carbons (Fsp3) is 0.167. The summed E-state index contributed by atoms with van der Waals surface area (Å²) in [6.07, 6.45) is 3.19. The molecule has 1 N–H and O–H groups in total. The van der Waals surface area contributed by atoms with E-state index in [4.69, 9.17) is 9.47 Å². The Labute approximate surface area is 273 Å². The van der Waals surface area contributed by atoms with Gasteiger partial charge in [0, 0.05) is 49.9 Å². The van der Waals surface area contributed by atoms with E-state index in [2.05, 4.69) is 26.8 Å². The second-order valence-corrected chi connectivity index (χ2v) is 10.9. The number of hydrogen-bond acceptors (Lipinski definition) is 6. The summed E-state index contributed by atoms with van der Waals surface area (Å²) in [4.78, 5) is 24.4. The van der Waals surface area contributed by atoms with Crippen molar-refractivity contribution in [1.82, 2.24) is 24.1 Å². The smallest absolute Gasteiger partial charge is 0.335 e. The van der Waals surface area contributed by atoms with Crippen molar-refractivity contribution in [3.05, 3.63) is 130 Å². The number of imidazole rings is 2. The normalized spacial score (nSPS) is 11.0. The minimum Gasteiger partial charge on any atom is -0.478 e. The van der Waals surface area contributed by atoms with Crippen molar-refractivity contribution in [2.75, 3.05) is 13.7 Å². The first kappa shape index (κ1) is 32.0. The number of halogens is 3. The Morgan fingerprint density at radius 1 is 0.938 bits per heavy atom. The van der Waals surface area contributed by atoms with Crippen molar-refractivity contribution >= 4 is 17.0 Å². The molecule has 0 radical (unpaired) electrons. The Bertz CT molecular complexity index is 2220. The molecular formula is C36H28F3N5O4. The van der Waals surface area contributed by atoms with Crippen LogP contribution in [0.4, 0.5) is 13.2 Å². The standard InChI is InChI=1S/C36H28F3N5O4/c1-43-21-40-19-26(43)10-7-22-6-8-24(28(37)14-22)20-48-35-5-3-4-31(42-35)27-18-29(38)25(15-30(27)39)17-34-41-32-11-9-23(36(45)46)16-33(32)44(34)12-13-47-2/h3-6,8-9,11,14-16,18-19,21H,12-13,17,20H2,1-2H3,(H,45,46). The van der Waals surface area contributed by atoms with Gasteiger partial charge in [0.25, 0.3) is 0 Å². The maximum Gasteiger partial charge on any atom is 0.335 e. The van der Waals surface area contributed by atoms with Crippen LogP contribution in [0.3, 0.4) is 0 Å². The van der Waals surface area contributed by atoms with Crippen LogP contribution >= 0.6 is 0 Å². The first-order valence-electron chi connectivity index (χ1n) is 14.8. The summed E-state index contributed by atoms with van der Waals surface area (Å²) in [5.74, 6) is 3.38. The zero-order valence-corrected chi connectivity index (χ0v) is 25.9.